The molecule has 0 saturated heterocycles. The molecule has 1 unspecified atom stereocenters. The molecular formula is C16H18F2N2O. The van der Waals surface area contributed by atoms with Crippen molar-refractivity contribution in [1.29, 1.82) is 0 Å². The summed E-state index contributed by atoms with van der Waals surface area (Å²) in [7, 11) is 0. The van der Waals surface area contributed by atoms with E-state index in [0.29, 0.717) is 18.9 Å². The lowest BCUT2D eigenvalue weighted by molar-refractivity contribution is 0.338. The van der Waals surface area contributed by atoms with E-state index in [1.54, 1.807) is 18.5 Å². The van der Waals surface area contributed by atoms with Gasteiger partial charge in [0.15, 0.2) is 0 Å². The Labute approximate surface area is 123 Å². The highest BCUT2D eigenvalue weighted by atomic mass is 19.1. The molecule has 3 nitrogen and oxygen atoms in total. The molecule has 1 aromatic heterocycles. The zero-order valence-electron chi connectivity index (χ0n) is 12.1. The lowest BCUT2D eigenvalue weighted by atomic mass is 9.99. The third-order valence-electron chi connectivity index (χ3n) is 3.06. The normalized spacial score (nSPS) is 12.2. The van der Waals surface area contributed by atoms with Gasteiger partial charge in [0, 0.05) is 11.8 Å². The number of nitrogens with zero attached hydrogens (tertiary/aromatic N) is 1. The van der Waals surface area contributed by atoms with E-state index in [2.05, 4.69) is 10.3 Å². The van der Waals surface area contributed by atoms with Gasteiger partial charge in [0.05, 0.1) is 18.8 Å². The summed E-state index contributed by atoms with van der Waals surface area (Å²) >= 11 is 0. The molecule has 0 bridgehead atoms. The summed E-state index contributed by atoms with van der Waals surface area (Å²) in [6, 6.07) is 4.76. The minimum absolute atomic E-state index is 0.257. The molecule has 0 radical (unpaired) electrons. The van der Waals surface area contributed by atoms with E-state index in [1.165, 1.54) is 6.07 Å². The van der Waals surface area contributed by atoms with Crippen LogP contribution in [0.15, 0.2) is 36.7 Å². The van der Waals surface area contributed by atoms with Crippen LogP contribution in [0.1, 0.15) is 31.0 Å². The summed E-state index contributed by atoms with van der Waals surface area (Å²) < 4.78 is 32.9. The van der Waals surface area contributed by atoms with Gasteiger partial charge >= 0.3 is 0 Å². The van der Waals surface area contributed by atoms with Crippen LogP contribution in [0, 0.1) is 11.6 Å². The fourth-order valence-corrected chi connectivity index (χ4v) is 2.19. The maximum atomic E-state index is 14.0. The van der Waals surface area contributed by atoms with Gasteiger partial charge < -0.3 is 10.1 Å². The number of halogens is 2. The number of pyridine rings is 1. The molecule has 2 rings (SSSR count). The molecule has 0 spiro atoms. The Balaban J connectivity index is 2.42. The maximum absolute atomic E-state index is 14.0. The van der Waals surface area contributed by atoms with Crippen molar-refractivity contribution in [2.24, 2.45) is 0 Å². The third-order valence-corrected chi connectivity index (χ3v) is 3.06. The third kappa shape index (κ3) is 3.76. The quantitative estimate of drug-likeness (QED) is 0.885. The first-order valence-corrected chi connectivity index (χ1v) is 6.91. The van der Waals surface area contributed by atoms with Crippen molar-refractivity contribution in [2.75, 3.05) is 13.2 Å². The van der Waals surface area contributed by atoms with Crippen molar-refractivity contribution in [3.05, 3.63) is 59.4 Å². The van der Waals surface area contributed by atoms with E-state index in [1.807, 2.05) is 13.8 Å². The predicted octanol–water partition coefficient (Wildman–Crippen LogP) is 3.46. The molecule has 0 amide bonds. The predicted molar refractivity (Wildman–Crippen MR) is 77.3 cm³/mol. The molecule has 5 heteroatoms. The Kier molecular flexibility index (Phi) is 5.22. The molecule has 1 N–H and O–H groups in total. The van der Waals surface area contributed by atoms with Crippen LogP contribution in [0.25, 0.3) is 0 Å². The number of nitrogens with one attached hydrogen (secondary N) is 1. The zero-order chi connectivity index (χ0) is 15.2. The molecule has 1 aromatic carbocycles. The standard InChI is InChI=1S/C16H18F2N2O/c1-3-20-16(14-8-12(17)5-6-15(14)18)11-7-13(21-4-2)10-19-9-11/h5-10,16,20H,3-4H2,1-2H3. The first-order chi connectivity index (χ1) is 10.2. The molecule has 0 aliphatic carbocycles. The van der Waals surface area contributed by atoms with Crippen LogP contribution in [-0.2, 0) is 0 Å². The van der Waals surface area contributed by atoms with Crippen LogP contribution < -0.4 is 10.1 Å². The molecule has 1 heterocycles. The second-order valence-electron chi connectivity index (χ2n) is 4.54. The molecule has 0 saturated carbocycles. The van der Waals surface area contributed by atoms with E-state index < -0.39 is 17.7 Å². The maximum Gasteiger partial charge on any atom is 0.137 e. The Bertz CT molecular complexity index is 605. The summed E-state index contributed by atoms with van der Waals surface area (Å²) in [6.45, 7) is 4.91. The van der Waals surface area contributed by atoms with Gasteiger partial charge in [-0.2, -0.15) is 0 Å². The van der Waals surface area contributed by atoms with Gasteiger partial charge in [-0.3, -0.25) is 4.98 Å². The van der Waals surface area contributed by atoms with Gasteiger partial charge in [-0.1, -0.05) is 6.92 Å². The Morgan fingerprint density at radius 1 is 1.19 bits per heavy atom. The molecule has 2 aromatic rings. The van der Waals surface area contributed by atoms with Crippen molar-refractivity contribution >= 4 is 0 Å². The van der Waals surface area contributed by atoms with Crippen LogP contribution >= 0.6 is 0 Å². The van der Waals surface area contributed by atoms with Gasteiger partial charge in [0.1, 0.15) is 17.4 Å². The summed E-state index contributed by atoms with van der Waals surface area (Å²) in [4.78, 5) is 4.10. The number of ether oxygens (including phenoxy) is 1. The topological polar surface area (TPSA) is 34.2 Å². The number of aromatic nitrogens is 1. The fourth-order valence-electron chi connectivity index (χ4n) is 2.19. The fraction of sp³-hybridized carbons (Fsp3) is 0.312. The van der Waals surface area contributed by atoms with Crippen LogP contribution in [0.5, 0.6) is 5.75 Å². The van der Waals surface area contributed by atoms with Crippen molar-refractivity contribution in [1.82, 2.24) is 10.3 Å². The van der Waals surface area contributed by atoms with Crippen LogP contribution in [-0.4, -0.2) is 18.1 Å². The molecule has 0 aliphatic rings. The Hall–Kier alpha value is -2.01. The summed E-state index contributed by atoms with van der Waals surface area (Å²) in [5.74, 6) is -0.317. The second-order valence-corrected chi connectivity index (χ2v) is 4.54. The summed E-state index contributed by atoms with van der Waals surface area (Å²) in [6.07, 6.45) is 3.22. The van der Waals surface area contributed by atoms with E-state index in [0.717, 1.165) is 17.7 Å². The number of benzene rings is 1. The average Bonchev–Trinajstić information content (AvgIpc) is 2.48. The van der Waals surface area contributed by atoms with E-state index in [-0.39, 0.29) is 5.56 Å². The zero-order valence-corrected chi connectivity index (χ0v) is 12.1. The second kappa shape index (κ2) is 7.13. The Morgan fingerprint density at radius 3 is 2.71 bits per heavy atom. The molecule has 112 valence electrons. The van der Waals surface area contributed by atoms with Crippen LogP contribution in [0.3, 0.4) is 0 Å². The molecular weight excluding hydrogens is 274 g/mol. The number of hydrogen-bond acceptors (Lipinski definition) is 3. The first kappa shape index (κ1) is 15.4. The first-order valence-electron chi connectivity index (χ1n) is 6.91. The van der Waals surface area contributed by atoms with Gasteiger partial charge in [0.2, 0.25) is 0 Å². The summed E-state index contributed by atoms with van der Waals surface area (Å²) in [5.41, 5.74) is 0.986. The van der Waals surface area contributed by atoms with Crippen molar-refractivity contribution in [2.45, 2.75) is 19.9 Å². The SMILES string of the molecule is CCNC(c1cncc(OCC)c1)c1cc(F)ccc1F. The highest BCUT2D eigenvalue weighted by Crippen LogP contribution is 2.27. The molecule has 1 atom stereocenters. The molecule has 21 heavy (non-hydrogen) atoms. The number of rotatable bonds is 6. The van der Waals surface area contributed by atoms with E-state index >= 15 is 0 Å². The smallest absolute Gasteiger partial charge is 0.137 e. The average molecular weight is 292 g/mol. The highest BCUT2D eigenvalue weighted by molar-refractivity contribution is 5.35. The Morgan fingerprint density at radius 2 is 2.00 bits per heavy atom. The molecule has 0 aliphatic heterocycles. The summed E-state index contributed by atoms with van der Waals surface area (Å²) in [5, 5.41) is 3.15. The van der Waals surface area contributed by atoms with Crippen LogP contribution in [0.2, 0.25) is 0 Å². The van der Waals surface area contributed by atoms with Gasteiger partial charge in [-0.05, 0) is 43.3 Å². The minimum atomic E-state index is -0.474. The van der Waals surface area contributed by atoms with Crippen molar-refractivity contribution in [3.63, 3.8) is 0 Å². The van der Waals surface area contributed by atoms with E-state index in [9.17, 15) is 8.78 Å². The lowest BCUT2D eigenvalue weighted by Crippen LogP contribution is -2.23. The van der Waals surface area contributed by atoms with Crippen molar-refractivity contribution in [3.8, 4) is 5.75 Å². The minimum Gasteiger partial charge on any atom is -0.492 e. The highest BCUT2D eigenvalue weighted by Gasteiger charge is 2.18. The van der Waals surface area contributed by atoms with Gasteiger partial charge in [-0.15, -0.1) is 0 Å². The van der Waals surface area contributed by atoms with Crippen LogP contribution in [0.4, 0.5) is 8.78 Å². The monoisotopic (exact) mass is 292 g/mol. The molecule has 0 fully saturated rings. The number of hydrogen-bond donors (Lipinski definition) is 1. The van der Waals surface area contributed by atoms with Crippen molar-refractivity contribution < 1.29 is 13.5 Å². The lowest BCUT2D eigenvalue weighted by Gasteiger charge is -2.20. The van der Waals surface area contributed by atoms with Gasteiger partial charge in [0.25, 0.3) is 0 Å². The largest absolute Gasteiger partial charge is 0.492 e. The van der Waals surface area contributed by atoms with Gasteiger partial charge in [-0.25, -0.2) is 8.78 Å². The van der Waals surface area contributed by atoms with E-state index in [4.69, 9.17) is 4.74 Å².